The summed E-state index contributed by atoms with van der Waals surface area (Å²) in [5, 5.41) is 19.1. The van der Waals surface area contributed by atoms with E-state index in [2.05, 4.69) is 15.8 Å². The van der Waals surface area contributed by atoms with Gasteiger partial charge >= 0.3 is 6.03 Å². The topological polar surface area (TPSA) is 154 Å². The summed E-state index contributed by atoms with van der Waals surface area (Å²) in [4.78, 5) is 27.7. The monoisotopic (exact) mass is 617 g/mol. The maximum absolute atomic E-state index is 13.5. The lowest BCUT2D eigenvalue weighted by Crippen LogP contribution is -2.48. The summed E-state index contributed by atoms with van der Waals surface area (Å²) < 4.78 is 52.5. The van der Waals surface area contributed by atoms with Crippen LogP contribution in [0.1, 0.15) is 30.9 Å². The zero-order valence-corrected chi connectivity index (χ0v) is 25.4. The second-order valence-electron chi connectivity index (χ2n) is 10.7. The lowest BCUT2D eigenvalue weighted by Gasteiger charge is -2.33. The standard InChI is InChI=1S/C29H36FN5O7S/c1-17-14-35(18(2)16-36)27(37)13-21-12-23(31-29(38)32-28-19(3)33-42-20(28)4)8-11-25(21)41-26(17)15-34(5)43(39,40)24-9-6-22(30)7-10-24/h6-12,17-18,26,36H,13-16H2,1-5H3,(H2,31,32,38)/t17-,18+,26-/m1/s1. The Morgan fingerprint density at radius 2 is 1.91 bits per heavy atom. The third kappa shape index (κ3) is 7.32. The van der Waals surface area contributed by atoms with E-state index in [0.29, 0.717) is 34.1 Å². The predicted molar refractivity (Wildman–Crippen MR) is 157 cm³/mol. The highest BCUT2D eigenvalue weighted by molar-refractivity contribution is 7.89. The number of benzene rings is 2. The summed E-state index contributed by atoms with van der Waals surface area (Å²) in [6.45, 7) is 6.80. The van der Waals surface area contributed by atoms with Gasteiger partial charge in [0, 0.05) is 30.8 Å². The Morgan fingerprint density at radius 1 is 1.21 bits per heavy atom. The number of aliphatic hydroxyl groups is 1. The Morgan fingerprint density at radius 3 is 2.53 bits per heavy atom. The smallest absolute Gasteiger partial charge is 0.323 e. The van der Waals surface area contributed by atoms with Crippen LogP contribution in [0.4, 0.5) is 20.6 Å². The van der Waals surface area contributed by atoms with Gasteiger partial charge in [0.05, 0.1) is 30.5 Å². The number of carbonyl (C=O) groups is 2. The molecular formula is C29H36FN5O7S. The number of hydrogen-bond acceptors (Lipinski definition) is 8. The third-order valence-corrected chi connectivity index (χ3v) is 9.24. The number of carbonyl (C=O) groups excluding carboxylic acids is 2. The normalized spacial score (nSPS) is 18.2. The number of fused-ring (bicyclic) bond motifs is 1. The minimum Gasteiger partial charge on any atom is -0.488 e. The molecule has 2 heterocycles. The molecule has 3 atom stereocenters. The van der Waals surface area contributed by atoms with Gasteiger partial charge in [-0.3, -0.25) is 4.79 Å². The van der Waals surface area contributed by atoms with Crippen LogP contribution < -0.4 is 15.4 Å². The zero-order chi connectivity index (χ0) is 31.5. The molecule has 3 aromatic rings. The van der Waals surface area contributed by atoms with E-state index in [1.54, 1.807) is 43.9 Å². The van der Waals surface area contributed by atoms with Crippen molar-refractivity contribution in [2.75, 3.05) is 37.4 Å². The number of likely N-dealkylation sites (N-methyl/N-ethyl adjacent to an activating group) is 1. The minimum absolute atomic E-state index is 0.0659. The van der Waals surface area contributed by atoms with Gasteiger partial charge in [-0.25, -0.2) is 17.6 Å². The van der Waals surface area contributed by atoms with Crippen LogP contribution in [0.2, 0.25) is 0 Å². The first-order chi connectivity index (χ1) is 20.3. The number of aromatic nitrogens is 1. The van der Waals surface area contributed by atoms with Crippen LogP contribution in [0, 0.1) is 25.6 Å². The van der Waals surface area contributed by atoms with E-state index >= 15 is 0 Å². The summed E-state index contributed by atoms with van der Waals surface area (Å²) in [6, 6.07) is 8.36. The number of sulfonamides is 1. The summed E-state index contributed by atoms with van der Waals surface area (Å²) in [5.41, 5.74) is 1.83. The molecule has 2 aromatic carbocycles. The van der Waals surface area contributed by atoms with Gasteiger partial charge in [-0.1, -0.05) is 12.1 Å². The number of hydrogen-bond donors (Lipinski definition) is 3. The number of amides is 3. The second kappa shape index (κ2) is 13.1. The number of aliphatic hydroxyl groups excluding tert-OH is 1. The fourth-order valence-electron chi connectivity index (χ4n) is 4.80. The van der Waals surface area contributed by atoms with E-state index in [0.717, 1.165) is 16.4 Å². The van der Waals surface area contributed by atoms with Gasteiger partial charge in [0.1, 0.15) is 29.1 Å². The predicted octanol–water partition coefficient (Wildman–Crippen LogP) is 3.54. The number of nitrogens with zero attached hydrogens (tertiary/aromatic N) is 3. The molecule has 1 aliphatic rings. The van der Waals surface area contributed by atoms with E-state index < -0.39 is 34.0 Å². The van der Waals surface area contributed by atoms with Crippen LogP contribution in [0.5, 0.6) is 5.75 Å². The maximum atomic E-state index is 13.5. The van der Waals surface area contributed by atoms with E-state index in [4.69, 9.17) is 9.26 Å². The van der Waals surface area contributed by atoms with Crippen molar-refractivity contribution in [3.05, 3.63) is 65.3 Å². The zero-order valence-electron chi connectivity index (χ0n) is 24.6. The third-order valence-electron chi connectivity index (χ3n) is 7.41. The number of rotatable bonds is 8. The maximum Gasteiger partial charge on any atom is 0.323 e. The van der Waals surface area contributed by atoms with Crippen LogP contribution in [0.15, 0.2) is 51.9 Å². The van der Waals surface area contributed by atoms with Gasteiger partial charge in [0.2, 0.25) is 15.9 Å². The molecule has 14 heteroatoms. The van der Waals surface area contributed by atoms with Gasteiger partial charge in [-0.15, -0.1) is 0 Å². The average Bonchev–Trinajstić information content (AvgIpc) is 3.29. The van der Waals surface area contributed by atoms with E-state index in [-0.39, 0.29) is 42.8 Å². The van der Waals surface area contributed by atoms with E-state index in [1.807, 2.05) is 6.92 Å². The molecule has 0 aliphatic carbocycles. The van der Waals surface area contributed by atoms with Gasteiger partial charge in [0.15, 0.2) is 5.76 Å². The van der Waals surface area contributed by atoms with E-state index in [9.17, 15) is 27.5 Å². The number of anilines is 2. The Hall–Kier alpha value is -4.01. The molecule has 1 aromatic heterocycles. The molecule has 4 rings (SSSR count). The van der Waals surface area contributed by atoms with Gasteiger partial charge in [-0.05, 0) is 63.2 Å². The van der Waals surface area contributed by atoms with Crippen LogP contribution in [0.25, 0.3) is 0 Å². The molecular weight excluding hydrogens is 581 g/mol. The van der Waals surface area contributed by atoms with Crippen LogP contribution >= 0.6 is 0 Å². The molecule has 0 fully saturated rings. The van der Waals surface area contributed by atoms with Crippen molar-refractivity contribution in [3.8, 4) is 5.75 Å². The van der Waals surface area contributed by atoms with Crippen molar-refractivity contribution < 1.29 is 36.8 Å². The molecule has 0 spiro atoms. The molecule has 232 valence electrons. The second-order valence-corrected chi connectivity index (χ2v) is 12.8. The number of aryl methyl sites for hydroxylation is 2. The highest BCUT2D eigenvalue weighted by Gasteiger charge is 2.33. The summed E-state index contributed by atoms with van der Waals surface area (Å²) in [7, 11) is -2.57. The van der Waals surface area contributed by atoms with Crippen molar-refractivity contribution >= 4 is 33.3 Å². The van der Waals surface area contributed by atoms with Crippen molar-refractivity contribution in [3.63, 3.8) is 0 Å². The summed E-state index contributed by atoms with van der Waals surface area (Å²) in [5.74, 6) is -0.361. The van der Waals surface area contributed by atoms with Crippen molar-refractivity contribution in [2.24, 2.45) is 5.92 Å². The average molecular weight is 618 g/mol. The Balaban J connectivity index is 1.62. The van der Waals surface area contributed by atoms with Gasteiger partial charge in [0.25, 0.3) is 0 Å². The SMILES string of the molecule is Cc1noc(C)c1NC(=O)Nc1ccc2c(c1)CC(=O)N([C@@H](C)CO)C[C@@H](C)[C@@H](CN(C)S(=O)(=O)c1ccc(F)cc1)O2. The van der Waals surface area contributed by atoms with Crippen LogP contribution in [-0.4, -0.2) is 78.7 Å². The Bertz CT molecular complexity index is 1560. The Labute approximate surface area is 249 Å². The number of halogens is 1. The van der Waals surface area contributed by atoms with Gasteiger partial charge < -0.3 is 29.9 Å². The molecule has 43 heavy (non-hydrogen) atoms. The fourth-order valence-corrected chi connectivity index (χ4v) is 5.98. The van der Waals surface area contributed by atoms with E-state index in [1.165, 1.54) is 19.2 Å². The molecule has 0 saturated heterocycles. The largest absolute Gasteiger partial charge is 0.488 e. The van der Waals surface area contributed by atoms with Crippen molar-refractivity contribution in [1.82, 2.24) is 14.4 Å². The van der Waals surface area contributed by atoms with Crippen molar-refractivity contribution in [2.45, 2.75) is 51.2 Å². The molecule has 0 bridgehead atoms. The summed E-state index contributed by atoms with van der Waals surface area (Å²) in [6.07, 6.45) is -0.788. The summed E-state index contributed by atoms with van der Waals surface area (Å²) >= 11 is 0. The Kier molecular flexibility index (Phi) is 9.72. The lowest BCUT2D eigenvalue weighted by atomic mass is 10.0. The first kappa shape index (κ1) is 31.9. The lowest BCUT2D eigenvalue weighted by molar-refractivity contribution is -0.134. The highest BCUT2D eigenvalue weighted by Crippen LogP contribution is 2.30. The molecule has 0 unspecified atom stereocenters. The number of urea groups is 1. The van der Waals surface area contributed by atoms with Crippen molar-refractivity contribution in [1.29, 1.82) is 0 Å². The number of ether oxygens (including phenoxy) is 1. The molecule has 3 amide bonds. The fraction of sp³-hybridized carbons (Fsp3) is 0.414. The molecule has 12 nitrogen and oxygen atoms in total. The van der Waals surface area contributed by atoms with Crippen LogP contribution in [-0.2, 0) is 21.2 Å². The molecule has 0 saturated carbocycles. The first-order valence-electron chi connectivity index (χ1n) is 13.7. The molecule has 3 N–H and O–H groups in total. The first-order valence-corrected chi connectivity index (χ1v) is 15.2. The van der Waals surface area contributed by atoms with Crippen LogP contribution in [0.3, 0.4) is 0 Å². The quantitative estimate of drug-likeness (QED) is 0.347. The highest BCUT2D eigenvalue weighted by atomic mass is 32.2. The molecule has 0 radical (unpaired) electrons. The molecule has 1 aliphatic heterocycles. The number of nitrogens with one attached hydrogen (secondary N) is 2. The minimum atomic E-state index is -3.98. The van der Waals surface area contributed by atoms with Gasteiger partial charge in [-0.2, -0.15) is 4.31 Å².